The number of hydrazone groups is 1. The summed E-state index contributed by atoms with van der Waals surface area (Å²) < 4.78 is 2.26. The van der Waals surface area contributed by atoms with Crippen LogP contribution in [0.3, 0.4) is 0 Å². The van der Waals surface area contributed by atoms with Crippen molar-refractivity contribution in [3.8, 4) is 0 Å². The first-order chi connectivity index (χ1) is 15.1. The Morgan fingerprint density at radius 1 is 1.06 bits per heavy atom. The predicted octanol–water partition coefficient (Wildman–Crippen LogP) is 5.46. The lowest BCUT2D eigenvalue weighted by Gasteiger charge is -2.08. The van der Waals surface area contributed by atoms with Gasteiger partial charge in [-0.2, -0.15) is 5.10 Å². The summed E-state index contributed by atoms with van der Waals surface area (Å²) >= 11 is 1.45. The summed E-state index contributed by atoms with van der Waals surface area (Å²) in [5.74, 6) is 5.66. The molecule has 0 aliphatic heterocycles. The molecule has 4 N–H and O–H groups in total. The number of amidine groups is 1. The number of thioether (sulfide) groups is 1. The highest BCUT2D eigenvalue weighted by atomic mass is 32.2. The van der Waals surface area contributed by atoms with Crippen LogP contribution in [0.25, 0.3) is 21.8 Å². The van der Waals surface area contributed by atoms with Crippen LogP contribution >= 0.6 is 11.8 Å². The maximum absolute atomic E-state index is 12.7. The van der Waals surface area contributed by atoms with Crippen molar-refractivity contribution in [1.29, 1.82) is 5.53 Å². The van der Waals surface area contributed by atoms with Gasteiger partial charge in [-0.1, -0.05) is 24.3 Å². The Hall–Kier alpha value is -3.65. The summed E-state index contributed by atoms with van der Waals surface area (Å²) in [5.41, 5.74) is 10.6. The average molecular weight is 431 g/mol. The second-order valence-electron chi connectivity index (χ2n) is 6.92. The van der Waals surface area contributed by atoms with Crippen molar-refractivity contribution in [3.63, 3.8) is 0 Å². The molecular formula is C23H22N6OS. The highest BCUT2D eigenvalue weighted by Gasteiger charge is 2.12. The molecular weight excluding hydrogens is 408 g/mol. The maximum atomic E-state index is 12.7. The lowest BCUT2D eigenvalue weighted by atomic mass is 10.1. The lowest BCUT2D eigenvalue weighted by molar-refractivity contribution is 0.102. The Morgan fingerprint density at radius 2 is 1.81 bits per heavy atom. The molecule has 31 heavy (non-hydrogen) atoms. The van der Waals surface area contributed by atoms with Gasteiger partial charge < -0.3 is 15.7 Å². The van der Waals surface area contributed by atoms with Crippen molar-refractivity contribution in [3.05, 3.63) is 72.3 Å². The molecule has 156 valence electrons. The molecule has 0 bridgehead atoms. The highest BCUT2D eigenvalue weighted by molar-refractivity contribution is 8.00. The number of carbonyl (C=O) groups is 1. The van der Waals surface area contributed by atoms with Crippen LogP contribution < -0.4 is 11.2 Å². The number of amides is 1. The van der Waals surface area contributed by atoms with Gasteiger partial charge in [0.05, 0.1) is 11.3 Å². The molecule has 0 aliphatic rings. The number of anilines is 1. The van der Waals surface area contributed by atoms with Crippen molar-refractivity contribution in [2.24, 2.45) is 16.1 Å². The predicted molar refractivity (Wildman–Crippen MR) is 127 cm³/mol. The van der Waals surface area contributed by atoms with Crippen molar-refractivity contribution in [2.45, 2.75) is 18.4 Å². The summed E-state index contributed by atoms with van der Waals surface area (Å²) in [6.45, 7) is 2.97. The summed E-state index contributed by atoms with van der Waals surface area (Å²) in [7, 11) is 0. The number of nitrogens with zero attached hydrogens (tertiary/aromatic N) is 3. The van der Waals surface area contributed by atoms with Crippen molar-refractivity contribution >= 4 is 51.0 Å². The van der Waals surface area contributed by atoms with E-state index < -0.39 is 0 Å². The monoisotopic (exact) mass is 430 g/mol. The van der Waals surface area contributed by atoms with E-state index in [-0.39, 0.29) is 11.7 Å². The van der Waals surface area contributed by atoms with E-state index in [0.717, 1.165) is 22.6 Å². The number of hydrogen-bond donors (Lipinski definition) is 3. The molecule has 1 amide bonds. The third-order valence-corrected chi connectivity index (χ3v) is 6.12. The molecule has 1 aromatic heterocycles. The van der Waals surface area contributed by atoms with Crippen LogP contribution in [0.4, 0.5) is 5.69 Å². The van der Waals surface area contributed by atoms with E-state index in [1.165, 1.54) is 28.1 Å². The number of fused-ring (bicyclic) bond motifs is 3. The molecule has 7 nitrogen and oxygen atoms in total. The zero-order chi connectivity index (χ0) is 21.8. The van der Waals surface area contributed by atoms with Gasteiger partial charge in [-0.05, 0) is 49.4 Å². The van der Waals surface area contributed by atoms with E-state index in [1.807, 2.05) is 36.4 Å². The van der Waals surface area contributed by atoms with Gasteiger partial charge in [-0.3, -0.25) is 4.79 Å². The van der Waals surface area contributed by atoms with Crippen LogP contribution in [0, 0.1) is 5.53 Å². The minimum atomic E-state index is -0.166. The number of hydrogen-bond acceptors (Lipinski definition) is 5. The number of para-hydroxylation sites is 1. The molecule has 8 heteroatoms. The molecule has 0 saturated carbocycles. The van der Waals surface area contributed by atoms with E-state index in [4.69, 9.17) is 11.4 Å². The number of nitrogens with two attached hydrogens (primary N) is 1. The third-order valence-electron chi connectivity index (χ3n) is 5.11. The van der Waals surface area contributed by atoms with Gasteiger partial charge in [-0.15, -0.1) is 16.9 Å². The van der Waals surface area contributed by atoms with Crippen LogP contribution in [0.2, 0.25) is 0 Å². The zero-order valence-electron chi connectivity index (χ0n) is 17.0. The number of carbonyl (C=O) groups excluding carboxylic acids is 1. The molecule has 4 aromatic rings. The maximum Gasteiger partial charge on any atom is 0.255 e. The first-order valence-corrected chi connectivity index (χ1v) is 10.8. The van der Waals surface area contributed by atoms with Gasteiger partial charge >= 0.3 is 0 Å². The Kier molecular flexibility index (Phi) is 5.99. The quantitative estimate of drug-likeness (QED) is 0.0943. The molecule has 0 spiro atoms. The normalized spacial score (nSPS) is 11.7. The largest absolute Gasteiger partial charge is 0.341 e. The smallest absolute Gasteiger partial charge is 0.255 e. The summed E-state index contributed by atoms with van der Waals surface area (Å²) in [6.07, 6.45) is 0. The number of rotatable bonds is 6. The number of aryl methyl sites for hydroxylation is 1. The Bertz CT molecular complexity index is 1290. The fraction of sp³-hybridized carbons (Fsp3) is 0.130. The highest BCUT2D eigenvalue weighted by Crippen LogP contribution is 2.31. The Morgan fingerprint density at radius 3 is 2.52 bits per heavy atom. The first kappa shape index (κ1) is 20.6. The first-order valence-electron chi connectivity index (χ1n) is 9.84. The van der Waals surface area contributed by atoms with Crippen LogP contribution in [-0.2, 0) is 6.54 Å². The number of nitrogens with one attached hydrogen (secondary N) is 2. The minimum absolute atomic E-state index is 0.166. The molecule has 0 unspecified atom stereocenters. The molecule has 4 rings (SSSR count). The van der Waals surface area contributed by atoms with E-state index in [0.29, 0.717) is 11.3 Å². The fourth-order valence-corrected chi connectivity index (χ4v) is 4.38. The molecule has 0 saturated heterocycles. The summed E-state index contributed by atoms with van der Waals surface area (Å²) in [4.78, 5) is 13.7. The molecule has 0 aliphatic carbocycles. The number of aromatic nitrogens is 1. The van der Waals surface area contributed by atoms with E-state index >= 15 is 0 Å². The van der Waals surface area contributed by atoms with Gasteiger partial charge in [0.15, 0.2) is 5.84 Å². The SMILES string of the molecule is CCn1c2ccccc2c2ccc(NC(=O)c3ccc(SCC(N=N)=NN)cc3)cc21. The molecule has 0 atom stereocenters. The second kappa shape index (κ2) is 9.01. The van der Waals surface area contributed by atoms with Gasteiger partial charge in [-0.25, -0.2) is 5.53 Å². The Balaban J connectivity index is 1.53. The molecule has 0 radical (unpaired) electrons. The fourth-order valence-electron chi connectivity index (χ4n) is 3.62. The molecule has 1 heterocycles. The van der Waals surface area contributed by atoms with Crippen molar-refractivity contribution in [1.82, 2.24) is 4.57 Å². The third kappa shape index (κ3) is 4.15. The average Bonchev–Trinajstić information content (AvgIpc) is 3.13. The Labute approximate surface area is 183 Å². The number of benzene rings is 3. The van der Waals surface area contributed by atoms with Crippen LogP contribution in [0.5, 0.6) is 0 Å². The van der Waals surface area contributed by atoms with Crippen LogP contribution in [0.1, 0.15) is 17.3 Å². The van der Waals surface area contributed by atoms with Gasteiger partial charge in [0, 0.05) is 39.0 Å². The second-order valence-corrected chi connectivity index (χ2v) is 7.97. The van der Waals surface area contributed by atoms with E-state index in [9.17, 15) is 4.79 Å². The van der Waals surface area contributed by atoms with Gasteiger partial charge in [0.1, 0.15) is 0 Å². The van der Waals surface area contributed by atoms with Crippen LogP contribution in [0.15, 0.2) is 81.8 Å². The van der Waals surface area contributed by atoms with E-state index in [2.05, 4.69) is 45.2 Å². The minimum Gasteiger partial charge on any atom is -0.341 e. The lowest BCUT2D eigenvalue weighted by Crippen LogP contribution is -2.11. The van der Waals surface area contributed by atoms with E-state index in [1.54, 1.807) is 12.1 Å². The topological polar surface area (TPSA) is 109 Å². The van der Waals surface area contributed by atoms with Crippen molar-refractivity contribution < 1.29 is 4.79 Å². The van der Waals surface area contributed by atoms with Gasteiger partial charge in [0.2, 0.25) is 0 Å². The van der Waals surface area contributed by atoms with Crippen LogP contribution in [-0.4, -0.2) is 22.1 Å². The zero-order valence-corrected chi connectivity index (χ0v) is 17.8. The standard InChI is InChI=1S/C23H22N6OS/c1-2-29-20-6-4-3-5-18(20)19-12-9-16(13-21(19)29)26-23(30)15-7-10-17(11-8-15)31-14-22(27-24)28-25/h3-13,24H,2,14,25H2,1H3,(H,26,30). The van der Waals surface area contributed by atoms with Gasteiger partial charge in [0.25, 0.3) is 5.91 Å². The molecule has 3 aromatic carbocycles. The van der Waals surface area contributed by atoms with Crippen molar-refractivity contribution in [2.75, 3.05) is 11.1 Å². The summed E-state index contributed by atoms with van der Waals surface area (Å²) in [6, 6.07) is 21.6. The molecule has 0 fully saturated rings. The summed E-state index contributed by atoms with van der Waals surface area (Å²) in [5, 5.41) is 12.1.